The van der Waals surface area contributed by atoms with Crippen LogP contribution in [0.4, 0.5) is 11.5 Å². The molecule has 7 nitrogen and oxygen atoms in total. The Morgan fingerprint density at radius 1 is 1.21 bits per heavy atom. The van der Waals surface area contributed by atoms with E-state index in [0.29, 0.717) is 18.1 Å². The molecule has 3 rings (SSSR count). The van der Waals surface area contributed by atoms with Crippen LogP contribution in [0.3, 0.4) is 0 Å². The van der Waals surface area contributed by atoms with E-state index in [1.54, 1.807) is 6.07 Å². The minimum Gasteiger partial charge on any atom is -0.492 e. The maximum Gasteiger partial charge on any atom is 0.200 e. The molecule has 0 amide bonds. The first-order valence-electron chi connectivity index (χ1n) is 5.91. The van der Waals surface area contributed by atoms with Gasteiger partial charge in [-0.25, -0.2) is 0 Å². The Bertz CT molecular complexity index is 695. The van der Waals surface area contributed by atoms with Crippen LogP contribution >= 0.6 is 0 Å². The molecule has 0 bridgehead atoms. The fraction of sp³-hybridized carbons (Fsp3) is 0.167. The summed E-state index contributed by atoms with van der Waals surface area (Å²) in [5, 5.41) is 18.5. The van der Waals surface area contributed by atoms with Crippen molar-refractivity contribution in [3.05, 3.63) is 36.4 Å². The molecule has 2 heterocycles. The molecular weight excluding hydrogens is 244 g/mol. The molecule has 0 saturated heterocycles. The minimum atomic E-state index is 0.601. The lowest BCUT2D eigenvalue weighted by atomic mass is 10.3. The van der Waals surface area contributed by atoms with Crippen molar-refractivity contribution >= 4 is 17.2 Å². The number of anilines is 2. The van der Waals surface area contributed by atoms with E-state index in [1.165, 1.54) is 4.63 Å². The summed E-state index contributed by atoms with van der Waals surface area (Å²) in [5.41, 5.74) is 1.45. The number of nitrogens with one attached hydrogen (secondary N) is 1. The molecule has 0 aliphatic carbocycles. The molecule has 0 radical (unpaired) electrons. The number of tetrazole rings is 1. The van der Waals surface area contributed by atoms with Crippen LogP contribution in [0.25, 0.3) is 5.65 Å². The van der Waals surface area contributed by atoms with Gasteiger partial charge < -0.3 is 10.1 Å². The highest BCUT2D eigenvalue weighted by atomic mass is 16.5. The third kappa shape index (κ3) is 2.30. The van der Waals surface area contributed by atoms with E-state index in [1.807, 2.05) is 37.3 Å². The van der Waals surface area contributed by atoms with Crippen molar-refractivity contribution in [2.45, 2.75) is 6.92 Å². The first-order chi connectivity index (χ1) is 9.36. The number of fused-ring (bicyclic) bond motifs is 1. The molecule has 96 valence electrons. The van der Waals surface area contributed by atoms with E-state index in [4.69, 9.17) is 4.74 Å². The third-order valence-electron chi connectivity index (χ3n) is 2.52. The SMILES string of the molecule is CCOc1ccccc1Nc1ccc2nnnn2n1. The molecule has 1 N–H and O–H groups in total. The fourth-order valence-electron chi connectivity index (χ4n) is 1.71. The van der Waals surface area contributed by atoms with Gasteiger partial charge in [0.1, 0.15) is 5.75 Å². The van der Waals surface area contributed by atoms with Gasteiger partial charge in [0.2, 0.25) is 0 Å². The maximum atomic E-state index is 5.54. The number of hydrogen-bond acceptors (Lipinski definition) is 6. The number of ether oxygens (including phenoxy) is 1. The van der Waals surface area contributed by atoms with Crippen LogP contribution in [0.15, 0.2) is 36.4 Å². The average molecular weight is 256 g/mol. The highest BCUT2D eigenvalue weighted by Crippen LogP contribution is 2.26. The van der Waals surface area contributed by atoms with Crippen molar-refractivity contribution < 1.29 is 4.74 Å². The van der Waals surface area contributed by atoms with Crippen molar-refractivity contribution in [1.29, 1.82) is 0 Å². The van der Waals surface area contributed by atoms with Gasteiger partial charge in [-0.15, -0.1) is 14.8 Å². The van der Waals surface area contributed by atoms with Gasteiger partial charge in [0.15, 0.2) is 11.5 Å². The largest absolute Gasteiger partial charge is 0.492 e. The van der Waals surface area contributed by atoms with Crippen LogP contribution in [0.5, 0.6) is 5.75 Å². The van der Waals surface area contributed by atoms with Crippen LogP contribution in [-0.2, 0) is 0 Å². The predicted molar refractivity (Wildman–Crippen MR) is 69.5 cm³/mol. The topological polar surface area (TPSA) is 77.2 Å². The van der Waals surface area contributed by atoms with Gasteiger partial charge in [0.05, 0.1) is 12.3 Å². The normalized spacial score (nSPS) is 10.6. The second-order valence-corrected chi connectivity index (χ2v) is 3.80. The van der Waals surface area contributed by atoms with Crippen LogP contribution < -0.4 is 10.1 Å². The van der Waals surface area contributed by atoms with Crippen LogP contribution in [0.1, 0.15) is 6.92 Å². The summed E-state index contributed by atoms with van der Waals surface area (Å²) in [5.74, 6) is 1.43. The fourth-order valence-corrected chi connectivity index (χ4v) is 1.71. The summed E-state index contributed by atoms with van der Waals surface area (Å²) in [6.45, 7) is 2.56. The van der Waals surface area contributed by atoms with Crippen LogP contribution in [0, 0.1) is 0 Å². The molecule has 0 atom stereocenters. The highest BCUT2D eigenvalue weighted by Gasteiger charge is 2.05. The zero-order valence-corrected chi connectivity index (χ0v) is 10.3. The lowest BCUT2D eigenvalue weighted by Gasteiger charge is -2.11. The number of aromatic nitrogens is 5. The van der Waals surface area contributed by atoms with E-state index in [-0.39, 0.29) is 0 Å². The zero-order chi connectivity index (χ0) is 13.1. The van der Waals surface area contributed by atoms with Crippen molar-refractivity contribution in [2.75, 3.05) is 11.9 Å². The Kier molecular flexibility index (Phi) is 2.93. The first kappa shape index (κ1) is 11.4. The lowest BCUT2D eigenvalue weighted by Crippen LogP contribution is -2.02. The number of rotatable bonds is 4. The number of para-hydroxylation sites is 2. The third-order valence-corrected chi connectivity index (χ3v) is 2.52. The molecule has 7 heteroatoms. The van der Waals surface area contributed by atoms with Gasteiger partial charge in [0.25, 0.3) is 0 Å². The van der Waals surface area contributed by atoms with Gasteiger partial charge >= 0.3 is 0 Å². The van der Waals surface area contributed by atoms with Crippen molar-refractivity contribution in [2.24, 2.45) is 0 Å². The molecule has 3 aromatic rings. The van der Waals surface area contributed by atoms with E-state index >= 15 is 0 Å². The molecule has 2 aromatic heterocycles. The molecule has 0 aliphatic heterocycles. The number of hydrogen-bond donors (Lipinski definition) is 1. The quantitative estimate of drug-likeness (QED) is 0.765. The Labute approximate surface area is 109 Å². The summed E-state index contributed by atoms with van der Waals surface area (Å²) in [6, 6.07) is 11.3. The summed E-state index contributed by atoms with van der Waals surface area (Å²) in [7, 11) is 0. The summed E-state index contributed by atoms with van der Waals surface area (Å²) in [6.07, 6.45) is 0. The zero-order valence-electron chi connectivity index (χ0n) is 10.3. The maximum absolute atomic E-state index is 5.54. The van der Waals surface area contributed by atoms with E-state index in [9.17, 15) is 0 Å². The highest BCUT2D eigenvalue weighted by molar-refractivity contribution is 5.64. The Morgan fingerprint density at radius 2 is 2.11 bits per heavy atom. The molecule has 0 spiro atoms. The number of nitrogens with zero attached hydrogens (tertiary/aromatic N) is 5. The molecule has 19 heavy (non-hydrogen) atoms. The second-order valence-electron chi connectivity index (χ2n) is 3.80. The van der Waals surface area contributed by atoms with Gasteiger partial charge in [-0.05, 0) is 41.6 Å². The monoisotopic (exact) mass is 256 g/mol. The molecule has 0 aliphatic rings. The van der Waals surface area contributed by atoms with Gasteiger partial charge in [0, 0.05) is 0 Å². The summed E-state index contributed by atoms with van der Waals surface area (Å²) >= 11 is 0. The van der Waals surface area contributed by atoms with Crippen LogP contribution in [0.2, 0.25) is 0 Å². The first-order valence-corrected chi connectivity index (χ1v) is 5.91. The minimum absolute atomic E-state index is 0.601. The van der Waals surface area contributed by atoms with Crippen molar-refractivity contribution in [3.63, 3.8) is 0 Å². The Hall–Kier alpha value is -2.70. The van der Waals surface area contributed by atoms with E-state index < -0.39 is 0 Å². The summed E-state index contributed by atoms with van der Waals surface area (Å²) < 4.78 is 6.91. The smallest absolute Gasteiger partial charge is 0.200 e. The van der Waals surface area contributed by atoms with E-state index in [0.717, 1.165) is 11.4 Å². The lowest BCUT2D eigenvalue weighted by molar-refractivity contribution is 0.342. The van der Waals surface area contributed by atoms with Gasteiger partial charge in [-0.3, -0.25) is 0 Å². The molecule has 0 unspecified atom stereocenters. The average Bonchev–Trinajstić information content (AvgIpc) is 2.89. The second kappa shape index (κ2) is 4.89. The predicted octanol–water partition coefficient (Wildman–Crippen LogP) is 1.66. The molecular formula is C12H12N6O. The van der Waals surface area contributed by atoms with Crippen molar-refractivity contribution in [3.8, 4) is 5.75 Å². The number of benzene rings is 1. The Morgan fingerprint density at radius 3 is 3.00 bits per heavy atom. The standard InChI is InChI=1S/C12H12N6O/c1-2-19-10-6-4-3-5-9(10)13-11-7-8-12-14-16-17-18(12)15-11/h3-8H,2H2,1H3,(H,13,15). The van der Waals surface area contributed by atoms with Gasteiger partial charge in [-0.1, -0.05) is 12.1 Å². The van der Waals surface area contributed by atoms with Crippen molar-refractivity contribution in [1.82, 2.24) is 25.3 Å². The summed E-state index contributed by atoms with van der Waals surface area (Å²) in [4.78, 5) is 0. The molecule has 0 saturated carbocycles. The van der Waals surface area contributed by atoms with Crippen LogP contribution in [-0.4, -0.2) is 31.9 Å². The molecule has 0 fully saturated rings. The Balaban J connectivity index is 1.91. The van der Waals surface area contributed by atoms with Gasteiger partial charge in [-0.2, -0.15) is 0 Å². The van der Waals surface area contributed by atoms with E-state index in [2.05, 4.69) is 25.9 Å². The molecule has 1 aromatic carbocycles.